The van der Waals surface area contributed by atoms with Gasteiger partial charge in [-0.05, 0) is 61.7 Å². The third-order valence-electron chi connectivity index (χ3n) is 4.63. The Bertz CT molecular complexity index is 996. The van der Waals surface area contributed by atoms with E-state index in [1.165, 1.54) is 16.4 Å². The first-order chi connectivity index (χ1) is 13.3. The first-order valence-corrected chi connectivity index (χ1v) is 10.7. The van der Waals surface area contributed by atoms with Crippen molar-refractivity contribution >= 4 is 33.4 Å². The van der Waals surface area contributed by atoms with E-state index in [0.29, 0.717) is 29.2 Å². The van der Waals surface area contributed by atoms with Crippen molar-refractivity contribution in [1.82, 2.24) is 4.31 Å². The monoisotopic (exact) mass is 421 g/mol. The van der Waals surface area contributed by atoms with E-state index in [1.807, 2.05) is 0 Å². The zero-order chi connectivity index (χ0) is 20.3. The number of rotatable bonds is 6. The number of nitrogens with zero attached hydrogens (tertiary/aromatic N) is 1. The molecule has 6 nitrogen and oxygen atoms in total. The molecule has 1 aliphatic rings. The van der Waals surface area contributed by atoms with Gasteiger partial charge in [-0.15, -0.1) is 0 Å². The second-order valence-electron chi connectivity index (χ2n) is 6.59. The van der Waals surface area contributed by atoms with E-state index in [2.05, 4.69) is 0 Å². The maximum Gasteiger partial charge on any atom is 0.338 e. The smallest absolute Gasteiger partial charge is 0.338 e. The molecule has 1 aliphatic heterocycles. The number of benzene rings is 2. The number of carbonyl (C=O) groups excluding carboxylic acids is 2. The van der Waals surface area contributed by atoms with Gasteiger partial charge in [-0.1, -0.05) is 17.7 Å². The van der Waals surface area contributed by atoms with Crippen LogP contribution in [0.3, 0.4) is 0 Å². The van der Waals surface area contributed by atoms with Gasteiger partial charge in [-0.3, -0.25) is 4.79 Å². The molecule has 0 spiro atoms. The Kier molecular flexibility index (Phi) is 6.17. The summed E-state index contributed by atoms with van der Waals surface area (Å²) in [6, 6.07) is 10.6. The summed E-state index contributed by atoms with van der Waals surface area (Å²) in [7, 11) is -3.64. The van der Waals surface area contributed by atoms with E-state index in [-0.39, 0.29) is 16.2 Å². The highest BCUT2D eigenvalue weighted by molar-refractivity contribution is 7.89. The molecule has 0 bridgehead atoms. The standard InChI is InChI=1S/C20H20ClNO5S/c1-14-4-9-17(28(25,26)22-10-2-3-11-22)12-18(14)20(24)27-13-19(23)15-5-7-16(21)8-6-15/h4-9,12H,2-3,10-11,13H2,1H3. The van der Waals surface area contributed by atoms with Gasteiger partial charge in [0.05, 0.1) is 10.5 Å². The van der Waals surface area contributed by atoms with Crippen LogP contribution in [0, 0.1) is 6.92 Å². The molecule has 2 aromatic rings. The van der Waals surface area contributed by atoms with Crippen LogP contribution in [0.1, 0.15) is 39.1 Å². The summed E-state index contributed by atoms with van der Waals surface area (Å²) in [5.74, 6) is -1.11. The minimum atomic E-state index is -3.64. The van der Waals surface area contributed by atoms with Crippen LogP contribution in [0.4, 0.5) is 0 Å². The van der Waals surface area contributed by atoms with Crippen LogP contribution >= 0.6 is 11.6 Å². The molecule has 8 heteroatoms. The van der Waals surface area contributed by atoms with Crippen LogP contribution in [-0.2, 0) is 14.8 Å². The maximum absolute atomic E-state index is 12.7. The summed E-state index contributed by atoms with van der Waals surface area (Å²) in [5.41, 5.74) is 1.08. The molecule has 1 fully saturated rings. The fourth-order valence-corrected chi connectivity index (χ4v) is 4.66. The number of carbonyl (C=O) groups is 2. The van der Waals surface area contributed by atoms with Crippen molar-refractivity contribution in [3.05, 3.63) is 64.2 Å². The minimum absolute atomic E-state index is 0.0518. The van der Waals surface area contributed by atoms with Crippen LogP contribution in [0.25, 0.3) is 0 Å². The summed E-state index contributed by atoms with van der Waals surface area (Å²) in [5, 5.41) is 0.500. The van der Waals surface area contributed by atoms with Crippen LogP contribution in [0.2, 0.25) is 5.02 Å². The molecule has 0 unspecified atom stereocenters. The number of ether oxygens (including phenoxy) is 1. The number of sulfonamides is 1. The Balaban J connectivity index is 1.74. The van der Waals surface area contributed by atoms with E-state index in [4.69, 9.17) is 16.3 Å². The first-order valence-electron chi connectivity index (χ1n) is 8.86. The van der Waals surface area contributed by atoms with Gasteiger partial charge < -0.3 is 4.74 Å². The molecule has 0 aliphatic carbocycles. The normalized spacial score (nSPS) is 14.8. The predicted molar refractivity (Wildman–Crippen MR) is 105 cm³/mol. The van der Waals surface area contributed by atoms with Gasteiger partial charge in [0, 0.05) is 23.7 Å². The summed E-state index contributed by atoms with van der Waals surface area (Å²) in [6.07, 6.45) is 1.65. The Morgan fingerprint density at radius 2 is 1.71 bits per heavy atom. The summed E-state index contributed by atoms with van der Waals surface area (Å²) < 4.78 is 31.9. The van der Waals surface area contributed by atoms with Gasteiger partial charge in [0.25, 0.3) is 0 Å². The van der Waals surface area contributed by atoms with Crippen molar-refractivity contribution in [3.63, 3.8) is 0 Å². The molecular formula is C20H20ClNO5S. The second-order valence-corrected chi connectivity index (χ2v) is 8.97. The van der Waals surface area contributed by atoms with Crippen molar-refractivity contribution in [2.45, 2.75) is 24.7 Å². The van der Waals surface area contributed by atoms with Crippen molar-refractivity contribution in [2.75, 3.05) is 19.7 Å². The van der Waals surface area contributed by atoms with Crippen LogP contribution in [-0.4, -0.2) is 44.2 Å². The van der Waals surface area contributed by atoms with E-state index < -0.39 is 22.6 Å². The van der Waals surface area contributed by atoms with Gasteiger partial charge in [-0.2, -0.15) is 4.31 Å². The van der Waals surface area contributed by atoms with Crippen LogP contribution < -0.4 is 0 Å². The fourth-order valence-electron chi connectivity index (χ4n) is 2.99. The topological polar surface area (TPSA) is 80.8 Å². The molecule has 0 amide bonds. The molecule has 148 valence electrons. The van der Waals surface area contributed by atoms with Crippen molar-refractivity contribution in [1.29, 1.82) is 0 Å². The molecule has 2 aromatic carbocycles. The highest BCUT2D eigenvalue weighted by Gasteiger charge is 2.28. The van der Waals surface area contributed by atoms with E-state index in [0.717, 1.165) is 12.8 Å². The lowest BCUT2D eigenvalue weighted by Gasteiger charge is -2.16. The Hall–Kier alpha value is -2.22. The lowest BCUT2D eigenvalue weighted by atomic mass is 10.1. The number of hydrogen-bond donors (Lipinski definition) is 0. The molecule has 1 saturated heterocycles. The third kappa shape index (κ3) is 4.43. The zero-order valence-electron chi connectivity index (χ0n) is 15.4. The second kappa shape index (κ2) is 8.43. The van der Waals surface area contributed by atoms with E-state index >= 15 is 0 Å². The van der Waals surface area contributed by atoms with Gasteiger partial charge in [0.1, 0.15) is 0 Å². The molecule has 1 heterocycles. The van der Waals surface area contributed by atoms with E-state index in [9.17, 15) is 18.0 Å². The fraction of sp³-hybridized carbons (Fsp3) is 0.300. The SMILES string of the molecule is Cc1ccc(S(=O)(=O)N2CCCC2)cc1C(=O)OCC(=O)c1ccc(Cl)cc1. The average Bonchev–Trinajstić information content (AvgIpc) is 3.22. The minimum Gasteiger partial charge on any atom is -0.454 e. The molecule has 28 heavy (non-hydrogen) atoms. The maximum atomic E-state index is 12.7. The quantitative estimate of drug-likeness (QED) is 0.527. The average molecular weight is 422 g/mol. The van der Waals surface area contributed by atoms with Crippen molar-refractivity contribution < 1.29 is 22.7 Å². The Labute approximate surface area is 169 Å². The van der Waals surface area contributed by atoms with Gasteiger partial charge in [-0.25, -0.2) is 13.2 Å². The molecule has 3 rings (SSSR count). The summed E-state index contributed by atoms with van der Waals surface area (Å²) >= 11 is 5.79. The molecule has 0 N–H and O–H groups in total. The number of hydrogen-bond acceptors (Lipinski definition) is 5. The predicted octanol–water partition coefficient (Wildman–Crippen LogP) is 3.47. The number of esters is 1. The number of ketones is 1. The first kappa shape index (κ1) is 20.5. The number of halogens is 1. The highest BCUT2D eigenvalue weighted by Crippen LogP contribution is 2.23. The van der Waals surface area contributed by atoms with Crippen molar-refractivity contribution in [3.8, 4) is 0 Å². The zero-order valence-corrected chi connectivity index (χ0v) is 16.9. The Morgan fingerprint density at radius 3 is 2.36 bits per heavy atom. The highest BCUT2D eigenvalue weighted by atomic mass is 35.5. The number of aryl methyl sites for hydroxylation is 1. The van der Waals surface area contributed by atoms with Gasteiger partial charge >= 0.3 is 5.97 Å². The van der Waals surface area contributed by atoms with Crippen LogP contribution in [0.5, 0.6) is 0 Å². The molecular weight excluding hydrogens is 402 g/mol. The largest absolute Gasteiger partial charge is 0.454 e. The summed E-state index contributed by atoms with van der Waals surface area (Å²) in [6.45, 7) is 2.20. The molecule has 0 radical (unpaired) electrons. The molecule has 0 atom stereocenters. The van der Waals surface area contributed by atoms with Crippen molar-refractivity contribution in [2.24, 2.45) is 0 Å². The number of Topliss-reactive ketones (excluding diaryl/α,β-unsaturated/α-hetero) is 1. The summed E-state index contributed by atoms with van der Waals surface area (Å²) in [4.78, 5) is 24.7. The van der Waals surface area contributed by atoms with Gasteiger partial charge in [0.15, 0.2) is 12.4 Å². The van der Waals surface area contributed by atoms with E-state index in [1.54, 1.807) is 37.3 Å². The third-order valence-corrected chi connectivity index (χ3v) is 6.78. The van der Waals surface area contributed by atoms with Gasteiger partial charge in [0.2, 0.25) is 10.0 Å². The lowest BCUT2D eigenvalue weighted by molar-refractivity contribution is 0.0473. The van der Waals surface area contributed by atoms with Crippen LogP contribution in [0.15, 0.2) is 47.4 Å². The molecule has 0 saturated carbocycles. The molecule has 0 aromatic heterocycles. The lowest BCUT2D eigenvalue weighted by Crippen LogP contribution is -2.28. The Morgan fingerprint density at radius 1 is 1.07 bits per heavy atom.